The van der Waals surface area contributed by atoms with Gasteiger partial charge in [0.2, 0.25) is 0 Å². The molecule has 0 aliphatic carbocycles. The first-order chi connectivity index (χ1) is 12.5. The van der Waals surface area contributed by atoms with Crippen molar-refractivity contribution in [3.8, 4) is 5.82 Å². The third-order valence-corrected chi connectivity index (χ3v) is 3.37. The molecule has 3 rings (SSSR count). The smallest absolute Gasteiger partial charge is 0.280 e. The lowest BCUT2D eigenvalue weighted by molar-refractivity contribution is -0.128. The molecule has 0 saturated carbocycles. The standard InChI is InChI=1S/C14H10F3N3.C4H10.C2H6/c15-14(16,17)9-13-19-10-5-1-2-6-11(10)20(13)12-7-3-4-8-18-12;1-3-4-2;1-2/h1-8H,9H2;3-4H2,1-2H3;1-2H3. The van der Waals surface area contributed by atoms with Crippen molar-refractivity contribution in [2.75, 3.05) is 0 Å². The summed E-state index contributed by atoms with van der Waals surface area (Å²) in [6.07, 6.45) is -1.21. The van der Waals surface area contributed by atoms with Crippen molar-refractivity contribution in [3.05, 3.63) is 54.5 Å². The molecule has 0 saturated heterocycles. The Morgan fingerprint density at radius 1 is 0.923 bits per heavy atom. The van der Waals surface area contributed by atoms with Crippen molar-refractivity contribution in [2.24, 2.45) is 0 Å². The second-order valence-corrected chi connectivity index (χ2v) is 5.33. The normalized spacial score (nSPS) is 10.6. The second kappa shape index (κ2) is 10.6. The number of benzene rings is 1. The third kappa shape index (κ3) is 6.17. The quantitative estimate of drug-likeness (QED) is 0.541. The van der Waals surface area contributed by atoms with E-state index in [2.05, 4.69) is 23.8 Å². The van der Waals surface area contributed by atoms with Crippen LogP contribution in [0.4, 0.5) is 13.2 Å². The van der Waals surface area contributed by atoms with Crippen LogP contribution in [-0.2, 0) is 6.42 Å². The van der Waals surface area contributed by atoms with E-state index in [0.29, 0.717) is 16.9 Å². The summed E-state index contributed by atoms with van der Waals surface area (Å²) in [5, 5.41) is 0. The maximum Gasteiger partial charge on any atom is 0.396 e. The van der Waals surface area contributed by atoms with Crippen LogP contribution in [0.15, 0.2) is 48.7 Å². The molecule has 0 radical (unpaired) electrons. The molecule has 2 heterocycles. The SMILES string of the molecule is CC.CCCC.FC(F)(F)Cc1nc2ccccc2n1-c1ccccn1. The fourth-order valence-electron chi connectivity index (χ4n) is 2.12. The summed E-state index contributed by atoms with van der Waals surface area (Å²) in [5.41, 5.74) is 1.14. The van der Waals surface area contributed by atoms with Gasteiger partial charge in [-0.25, -0.2) is 9.97 Å². The van der Waals surface area contributed by atoms with Gasteiger partial charge in [0.25, 0.3) is 0 Å². The van der Waals surface area contributed by atoms with E-state index in [-0.39, 0.29) is 5.82 Å². The molecule has 0 amide bonds. The minimum atomic E-state index is -4.31. The van der Waals surface area contributed by atoms with E-state index >= 15 is 0 Å². The highest BCUT2D eigenvalue weighted by Crippen LogP contribution is 2.26. The lowest BCUT2D eigenvalue weighted by Crippen LogP contribution is -2.16. The number of halogens is 3. The molecule has 2 aromatic heterocycles. The van der Waals surface area contributed by atoms with E-state index in [9.17, 15) is 13.2 Å². The van der Waals surface area contributed by atoms with E-state index in [0.717, 1.165) is 0 Å². The van der Waals surface area contributed by atoms with Gasteiger partial charge in [-0.15, -0.1) is 0 Å². The average Bonchev–Trinajstić information content (AvgIpc) is 3.00. The highest BCUT2D eigenvalue weighted by Gasteiger charge is 2.31. The van der Waals surface area contributed by atoms with Crippen molar-refractivity contribution < 1.29 is 13.2 Å². The number of para-hydroxylation sites is 2. The van der Waals surface area contributed by atoms with E-state index in [1.54, 1.807) is 48.7 Å². The minimum absolute atomic E-state index is 0.0580. The molecule has 0 spiro atoms. The fraction of sp³-hybridized carbons (Fsp3) is 0.400. The zero-order chi connectivity index (χ0) is 19.6. The Balaban J connectivity index is 0.000000500. The number of pyridine rings is 1. The fourth-order valence-corrected chi connectivity index (χ4v) is 2.12. The maximum atomic E-state index is 12.7. The van der Waals surface area contributed by atoms with Crippen LogP contribution < -0.4 is 0 Å². The van der Waals surface area contributed by atoms with Gasteiger partial charge in [-0.1, -0.05) is 58.7 Å². The molecule has 6 heteroatoms. The lowest BCUT2D eigenvalue weighted by Gasteiger charge is -2.09. The number of nitrogens with zero attached hydrogens (tertiary/aromatic N) is 3. The predicted octanol–water partition coefficient (Wildman–Crippen LogP) is 6.36. The van der Waals surface area contributed by atoms with Crippen LogP contribution in [-0.4, -0.2) is 20.7 Å². The van der Waals surface area contributed by atoms with Crippen LogP contribution in [0.5, 0.6) is 0 Å². The van der Waals surface area contributed by atoms with Gasteiger partial charge < -0.3 is 0 Å². The summed E-state index contributed by atoms with van der Waals surface area (Å²) in [6.45, 7) is 8.36. The Hall–Kier alpha value is -2.37. The highest BCUT2D eigenvalue weighted by atomic mass is 19.4. The monoisotopic (exact) mass is 365 g/mol. The lowest BCUT2D eigenvalue weighted by atomic mass is 10.3. The van der Waals surface area contributed by atoms with Crippen LogP contribution in [0.2, 0.25) is 0 Å². The average molecular weight is 365 g/mol. The van der Waals surface area contributed by atoms with Crippen LogP contribution in [0, 0.1) is 0 Å². The molecular weight excluding hydrogens is 339 g/mol. The Bertz CT molecular complexity index is 763. The number of hydrogen-bond acceptors (Lipinski definition) is 2. The number of fused-ring (bicyclic) bond motifs is 1. The van der Waals surface area contributed by atoms with E-state index in [1.165, 1.54) is 17.4 Å². The van der Waals surface area contributed by atoms with Crippen LogP contribution in [0.25, 0.3) is 16.9 Å². The summed E-state index contributed by atoms with van der Waals surface area (Å²) in [5.74, 6) is 0.373. The zero-order valence-electron chi connectivity index (χ0n) is 15.7. The Labute approximate surface area is 152 Å². The summed E-state index contributed by atoms with van der Waals surface area (Å²) in [4.78, 5) is 8.19. The molecule has 0 N–H and O–H groups in total. The van der Waals surface area contributed by atoms with Crippen LogP contribution >= 0.6 is 0 Å². The molecule has 142 valence electrons. The van der Waals surface area contributed by atoms with Gasteiger partial charge >= 0.3 is 6.18 Å². The van der Waals surface area contributed by atoms with Crippen molar-refractivity contribution in [1.29, 1.82) is 0 Å². The molecule has 1 aromatic carbocycles. The molecule has 0 bridgehead atoms. The molecule has 0 unspecified atom stereocenters. The molecular formula is C20H26F3N3. The molecule has 26 heavy (non-hydrogen) atoms. The minimum Gasteiger partial charge on any atom is -0.280 e. The molecule has 3 nitrogen and oxygen atoms in total. The largest absolute Gasteiger partial charge is 0.396 e. The predicted molar refractivity (Wildman–Crippen MR) is 101 cm³/mol. The van der Waals surface area contributed by atoms with Crippen molar-refractivity contribution in [1.82, 2.24) is 14.5 Å². The molecule has 0 fully saturated rings. The molecule has 0 atom stereocenters. The zero-order valence-corrected chi connectivity index (χ0v) is 15.7. The number of hydrogen-bond donors (Lipinski definition) is 0. The van der Waals surface area contributed by atoms with Crippen LogP contribution in [0.1, 0.15) is 46.4 Å². The van der Waals surface area contributed by atoms with E-state index in [1.807, 2.05) is 13.8 Å². The Morgan fingerprint density at radius 3 is 2.08 bits per heavy atom. The maximum absolute atomic E-state index is 12.7. The highest BCUT2D eigenvalue weighted by molar-refractivity contribution is 5.77. The van der Waals surface area contributed by atoms with E-state index < -0.39 is 12.6 Å². The van der Waals surface area contributed by atoms with E-state index in [4.69, 9.17) is 0 Å². The molecule has 0 aliphatic rings. The van der Waals surface area contributed by atoms with Gasteiger partial charge in [0.05, 0.1) is 11.0 Å². The summed E-state index contributed by atoms with van der Waals surface area (Å²) < 4.78 is 39.5. The summed E-state index contributed by atoms with van der Waals surface area (Å²) in [7, 11) is 0. The van der Waals surface area contributed by atoms with Gasteiger partial charge in [-0.3, -0.25) is 4.57 Å². The van der Waals surface area contributed by atoms with Crippen molar-refractivity contribution in [2.45, 2.75) is 53.1 Å². The summed E-state index contributed by atoms with van der Waals surface area (Å²) in [6, 6.07) is 12.0. The number of rotatable bonds is 3. The van der Waals surface area contributed by atoms with Gasteiger partial charge in [-0.05, 0) is 24.3 Å². The Kier molecular flexibility index (Phi) is 8.82. The Morgan fingerprint density at radius 2 is 1.54 bits per heavy atom. The number of alkyl halides is 3. The first kappa shape index (κ1) is 21.7. The van der Waals surface area contributed by atoms with Gasteiger partial charge in [0.15, 0.2) is 0 Å². The number of aromatic nitrogens is 3. The van der Waals surface area contributed by atoms with Gasteiger partial charge in [-0.2, -0.15) is 13.2 Å². The first-order valence-corrected chi connectivity index (χ1v) is 8.90. The van der Waals surface area contributed by atoms with Gasteiger partial charge in [0.1, 0.15) is 18.1 Å². The van der Waals surface area contributed by atoms with Crippen molar-refractivity contribution >= 4 is 11.0 Å². The second-order valence-electron chi connectivity index (χ2n) is 5.33. The van der Waals surface area contributed by atoms with Crippen molar-refractivity contribution in [3.63, 3.8) is 0 Å². The molecule has 0 aliphatic heterocycles. The third-order valence-electron chi connectivity index (χ3n) is 3.37. The number of imidazole rings is 1. The van der Waals surface area contributed by atoms with Crippen LogP contribution in [0.3, 0.4) is 0 Å². The number of unbranched alkanes of at least 4 members (excludes halogenated alkanes) is 1. The summed E-state index contributed by atoms with van der Waals surface area (Å²) >= 11 is 0. The first-order valence-electron chi connectivity index (χ1n) is 8.90. The molecule has 3 aromatic rings. The van der Waals surface area contributed by atoms with Gasteiger partial charge in [0, 0.05) is 6.20 Å². The topological polar surface area (TPSA) is 30.7 Å².